The van der Waals surface area contributed by atoms with Crippen molar-refractivity contribution in [2.45, 2.75) is 18.4 Å². The van der Waals surface area contributed by atoms with Crippen LogP contribution >= 0.6 is 11.6 Å². The fourth-order valence-corrected chi connectivity index (χ4v) is 4.37. The number of carbonyl (C=O) groups is 3. The first-order valence-electron chi connectivity index (χ1n) is 10.9. The van der Waals surface area contributed by atoms with Crippen LogP contribution < -0.4 is 10.6 Å². The Morgan fingerprint density at radius 2 is 1.66 bits per heavy atom. The lowest BCUT2D eigenvalue weighted by Crippen LogP contribution is -2.44. The normalized spacial score (nSPS) is 12.7. The summed E-state index contributed by atoms with van der Waals surface area (Å²) in [5.74, 6) is -1.97. The molecular weight excluding hydrogens is 468 g/mol. The first kappa shape index (κ1) is 24.0. The molecular formula is C27H23ClN2O5. The number of nitrogens with one attached hydrogen (secondary N) is 2. The maximum atomic E-state index is 12.8. The standard InChI is InChI=1S/C27H23ClN2O5/c1-2-7-24(25(31)29-23-13-12-16(28)14-21(23)26(32)33)30-27(34)35-15-22-19-10-5-3-8-17(19)18-9-4-6-11-20(18)22/h2-6,8-14,22,24H,1,7,15H2,(H,29,31)(H,30,34)(H,32,33). The van der Waals surface area contributed by atoms with E-state index in [-0.39, 0.29) is 35.2 Å². The van der Waals surface area contributed by atoms with Crippen LogP contribution in [0.3, 0.4) is 0 Å². The number of ether oxygens (including phenoxy) is 1. The Bertz CT molecular complexity index is 1260. The average molecular weight is 491 g/mol. The largest absolute Gasteiger partial charge is 0.478 e. The molecule has 7 nitrogen and oxygen atoms in total. The van der Waals surface area contributed by atoms with E-state index in [2.05, 4.69) is 17.2 Å². The van der Waals surface area contributed by atoms with Crippen molar-refractivity contribution in [2.24, 2.45) is 0 Å². The molecule has 0 radical (unpaired) electrons. The minimum absolute atomic E-state index is 0.0651. The van der Waals surface area contributed by atoms with Crippen LogP contribution in [0, 0.1) is 0 Å². The number of carbonyl (C=O) groups excluding carboxylic acids is 2. The summed E-state index contributed by atoms with van der Waals surface area (Å²) in [5, 5.41) is 14.7. The van der Waals surface area contributed by atoms with E-state index in [1.807, 2.05) is 48.5 Å². The molecule has 35 heavy (non-hydrogen) atoms. The van der Waals surface area contributed by atoms with Crippen molar-refractivity contribution in [3.63, 3.8) is 0 Å². The highest BCUT2D eigenvalue weighted by Crippen LogP contribution is 2.44. The lowest BCUT2D eigenvalue weighted by molar-refractivity contribution is -0.118. The highest BCUT2D eigenvalue weighted by molar-refractivity contribution is 6.31. The second-order valence-electron chi connectivity index (χ2n) is 8.03. The van der Waals surface area contributed by atoms with Gasteiger partial charge in [-0.05, 0) is 46.9 Å². The van der Waals surface area contributed by atoms with Crippen LogP contribution in [-0.4, -0.2) is 35.7 Å². The first-order valence-corrected chi connectivity index (χ1v) is 11.3. The zero-order valence-electron chi connectivity index (χ0n) is 18.7. The van der Waals surface area contributed by atoms with E-state index >= 15 is 0 Å². The van der Waals surface area contributed by atoms with Crippen molar-refractivity contribution in [3.8, 4) is 11.1 Å². The van der Waals surface area contributed by atoms with Crippen LogP contribution in [0.25, 0.3) is 11.1 Å². The third-order valence-electron chi connectivity index (χ3n) is 5.82. The molecule has 0 saturated heterocycles. The summed E-state index contributed by atoms with van der Waals surface area (Å²) in [7, 11) is 0. The molecule has 3 aromatic carbocycles. The maximum Gasteiger partial charge on any atom is 0.407 e. The van der Waals surface area contributed by atoms with Gasteiger partial charge in [0, 0.05) is 10.9 Å². The van der Waals surface area contributed by atoms with Gasteiger partial charge in [-0.2, -0.15) is 0 Å². The SMILES string of the molecule is C=CCC(NC(=O)OCC1c2ccccc2-c2ccccc21)C(=O)Nc1ccc(Cl)cc1C(=O)O. The maximum absolute atomic E-state index is 12.8. The smallest absolute Gasteiger partial charge is 0.407 e. The number of carboxylic acid groups (broad SMARTS) is 1. The highest BCUT2D eigenvalue weighted by Gasteiger charge is 2.30. The molecule has 3 N–H and O–H groups in total. The molecule has 2 amide bonds. The van der Waals surface area contributed by atoms with E-state index < -0.39 is 24.0 Å². The number of halogens is 1. The van der Waals surface area contributed by atoms with Gasteiger partial charge in [-0.3, -0.25) is 4.79 Å². The van der Waals surface area contributed by atoms with Gasteiger partial charge < -0.3 is 20.5 Å². The van der Waals surface area contributed by atoms with Crippen molar-refractivity contribution in [2.75, 3.05) is 11.9 Å². The monoisotopic (exact) mass is 490 g/mol. The lowest BCUT2D eigenvalue weighted by atomic mass is 9.98. The third-order valence-corrected chi connectivity index (χ3v) is 6.06. The number of rotatable bonds is 8. The zero-order chi connectivity index (χ0) is 24.9. The Kier molecular flexibility index (Phi) is 7.17. The van der Waals surface area contributed by atoms with Crippen LogP contribution in [0.5, 0.6) is 0 Å². The zero-order valence-corrected chi connectivity index (χ0v) is 19.4. The number of hydrogen-bond donors (Lipinski definition) is 3. The van der Waals surface area contributed by atoms with Crippen molar-refractivity contribution >= 4 is 35.3 Å². The van der Waals surface area contributed by atoms with Gasteiger partial charge in [0.05, 0.1) is 11.3 Å². The molecule has 0 heterocycles. The number of hydrogen-bond acceptors (Lipinski definition) is 4. The van der Waals surface area contributed by atoms with E-state index in [1.165, 1.54) is 24.3 Å². The van der Waals surface area contributed by atoms with Gasteiger partial charge in [0.15, 0.2) is 0 Å². The fraction of sp³-hybridized carbons (Fsp3) is 0.148. The Morgan fingerprint density at radius 1 is 1.03 bits per heavy atom. The van der Waals surface area contributed by atoms with Gasteiger partial charge in [-0.15, -0.1) is 6.58 Å². The van der Waals surface area contributed by atoms with Gasteiger partial charge in [0.2, 0.25) is 5.91 Å². The van der Waals surface area contributed by atoms with Gasteiger partial charge in [0.1, 0.15) is 12.6 Å². The molecule has 0 saturated carbocycles. The number of fused-ring (bicyclic) bond motifs is 3. The minimum atomic E-state index is -1.24. The van der Waals surface area contributed by atoms with Crippen molar-refractivity contribution in [1.82, 2.24) is 5.32 Å². The molecule has 1 unspecified atom stereocenters. The molecule has 178 valence electrons. The van der Waals surface area contributed by atoms with E-state index in [0.717, 1.165) is 22.3 Å². The second-order valence-corrected chi connectivity index (χ2v) is 8.47. The summed E-state index contributed by atoms with van der Waals surface area (Å²) in [4.78, 5) is 37.0. The molecule has 8 heteroatoms. The van der Waals surface area contributed by atoms with Crippen molar-refractivity contribution in [1.29, 1.82) is 0 Å². The topological polar surface area (TPSA) is 105 Å². The molecule has 3 aromatic rings. The van der Waals surface area contributed by atoms with Crippen LogP contribution in [0.2, 0.25) is 5.02 Å². The van der Waals surface area contributed by atoms with E-state index in [4.69, 9.17) is 16.3 Å². The number of benzene rings is 3. The van der Waals surface area contributed by atoms with Gasteiger partial charge in [-0.1, -0.05) is 66.2 Å². The highest BCUT2D eigenvalue weighted by atomic mass is 35.5. The third kappa shape index (κ3) is 5.20. The van der Waals surface area contributed by atoms with Gasteiger partial charge in [0.25, 0.3) is 0 Å². The van der Waals surface area contributed by atoms with E-state index in [1.54, 1.807) is 0 Å². The lowest BCUT2D eigenvalue weighted by Gasteiger charge is -2.19. The number of aromatic carboxylic acids is 1. The average Bonchev–Trinajstić information content (AvgIpc) is 3.17. The van der Waals surface area contributed by atoms with Crippen LogP contribution in [0.1, 0.15) is 33.8 Å². The first-order chi connectivity index (χ1) is 16.9. The predicted octanol–water partition coefficient (Wildman–Crippen LogP) is 5.46. The van der Waals surface area contributed by atoms with Gasteiger partial charge >= 0.3 is 12.1 Å². The summed E-state index contributed by atoms with van der Waals surface area (Å²) < 4.78 is 5.52. The molecule has 4 rings (SSSR count). The molecule has 0 aliphatic heterocycles. The summed E-state index contributed by atoms with van der Waals surface area (Å²) in [6.45, 7) is 3.73. The van der Waals surface area contributed by atoms with E-state index in [9.17, 15) is 19.5 Å². The summed E-state index contributed by atoms with van der Waals surface area (Å²) >= 11 is 5.87. The van der Waals surface area contributed by atoms with Crippen molar-refractivity contribution < 1.29 is 24.2 Å². The quantitative estimate of drug-likeness (QED) is 0.364. The summed E-state index contributed by atoms with van der Waals surface area (Å²) in [6.07, 6.45) is 0.836. The molecule has 1 aliphatic carbocycles. The fourth-order valence-electron chi connectivity index (χ4n) is 4.20. The number of carboxylic acids is 1. The van der Waals surface area contributed by atoms with Crippen LogP contribution in [-0.2, 0) is 9.53 Å². The second kappa shape index (κ2) is 10.4. The number of alkyl carbamates (subject to hydrolysis) is 1. The Hall–Kier alpha value is -4.10. The molecule has 1 atom stereocenters. The van der Waals surface area contributed by atoms with Crippen LogP contribution in [0.15, 0.2) is 79.4 Å². The molecule has 0 aromatic heterocycles. The summed E-state index contributed by atoms with van der Waals surface area (Å²) in [5.41, 5.74) is 4.27. The van der Waals surface area contributed by atoms with Crippen molar-refractivity contribution in [3.05, 3.63) is 101 Å². The summed E-state index contributed by atoms with van der Waals surface area (Å²) in [6, 6.07) is 19.0. The van der Waals surface area contributed by atoms with Gasteiger partial charge in [-0.25, -0.2) is 9.59 Å². The number of anilines is 1. The minimum Gasteiger partial charge on any atom is -0.478 e. The Balaban J connectivity index is 1.43. The van der Waals surface area contributed by atoms with Crippen LogP contribution in [0.4, 0.5) is 10.5 Å². The molecule has 0 spiro atoms. The predicted molar refractivity (Wildman–Crippen MR) is 134 cm³/mol. The molecule has 1 aliphatic rings. The Morgan fingerprint density at radius 3 is 2.26 bits per heavy atom. The molecule has 0 bridgehead atoms. The molecule has 0 fully saturated rings. The number of amides is 2. The van der Waals surface area contributed by atoms with E-state index in [0.29, 0.717) is 0 Å². The Labute approximate surface area is 207 Å².